The molecule has 2 unspecified atom stereocenters. The highest BCUT2D eigenvalue weighted by molar-refractivity contribution is 6.20. The van der Waals surface area contributed by atoms with Crippen LogP contribution in [0, 0.1) is 5.92 Å². The van der Waals surface area contributed by atoms with Gasteiger partial charge in [-0.15, -0.1) is 11.6 Å². The average Bonchev–Trinajstić information content (AvgIpc) is 2.88. The molecular weight excluding hydrogens is 276 g/mol. The van der Waals surface area contributed by atoms with E-state index < -0.39 is 0 Å². The number of hydrogen-bond donors (Lipinski definition) is 1. The zero-order chi connectivity index (χ0) is 15.2. The molecule has 0 spiro atoms. The molecule has 1 fully saturated rings. The number of ether oxygens (including phenoxy) is 1. The summed E-state index contributed by atoms with van der Waals surface area (Å²) in [5, 5.41) is 8.97. The average molecular weight is 303 g/mol. The number of aliphatic hydroxyl groups excluding tert-OH is 1. The van der Waals surface area contributed by atoms with E-state index in [-0.39, 0.29) is 5.97 Å². The predicted octanol–water partition coefficient (Wildman–Crippen LogP) is 3.85. The third-order valence-electron chi connectivity index (χ3n) is 3.09. The van der Waals surface area contributed by atoms with E-state index in [2.05, 4.69) is 6.58 Å². The van der Waals surface area contributed by atoms with Crippen molar-refractivity contribution in [2.75, 3.05) is 13.2 Å². The molecule has 1 aliphatic carbocycles. The minimum Gasteiger partial charge on any atom is -0.461 e. The van der Waals surface area contributed by atoms with Crippen LogP contribution in [0.25, 0.3) is 0 Å². The number of hydrogen-bond acceptors (Lipinski definition) is 3. The zero-order valence-electron chi connectivity index (χ0n) is 12.4. The number of alkyl halides is 1. The number of halogens is 1. The molecule has 2 atom stereocenters. The van der Waals surface area contributed by atoms with E-state index in [4.69, 9.17) is 21.4 Å². The van der Waals surface area contributed by atoms with Gasteiger partial charge in [0.15, 0.2) is 0 Å². The van der Waals surface area contributed by atoms with Crippen LogP contribution in [-0.4, -0.2) is 29.7 Å². The second-order valence-electron chi connectivity index (χ2n) is 4.89. The largest absolute Gasteiger partial charge is 0.461 e. The first kappa shape index (κ1) is 19.2. The molecule has 116 valence electrons. The highest BCUT2D eigenvalue weighted by Gasteiger charge is 2.21. The molecule has 1 N–H and O–H groups in total. The lowest BCUT2D eigenvalue weighted by Gasteiger charge is -2.00. The van der Waals surface area contributed by atoms with E-state index in [1.165, 1.54) is 0 Å². The summed E-state index contributed by atoms with van der Waals surface area (Å²) in [5.74, 6) is 0.358. The van der Waals surface area contributed by atoms with Crippen LogP contribution in [0.5, 0.6) is 0 Å². The maximum absolute atomic E-state index is 10.9. The molecule has 0 amide bonds. The highest BCUT2D eigenvalue weighted by atomic mass is 35.5. The molecule has 0 aromatic heterocycles. The van der Waals surface area contributed by atoms with Crippen molar-refractivity contribution in [1.29, 1.82) is 0 Å². The van der Waals surface area contributed by atoms with Gasteiger partial charge in [0.05, 0.1) is 0 Å². The van der Waals surface area contributed by atoms with Gasteiger partial charge >= 0.3 is 5.97 Å². The summed E-state index contributed by atoms with van der Waals surface area (Å²) in [6.07, 6.45) is 11.1. The number of carbonyl (C=O) groups is 1. The van der Waals surface area contributed by atoms with E-state index in [1.54, 1.807) is 6.08 Å². The van der Waals surface area contributed by atoms with Crippen LogP contribution >= 0.6 is 11.6 Å². The Bertz CT molecular complexity index is 289. The van der Waals surface area contributed by atoms with E-state index in [0.717, 1.165) is 32.1 Å². The molecule has 4 heteroatoms. The van der Waals surface area contributed by atoms with Gasteiger partial charge in [-0.2, -0.15) is 0 Å². The lowest BCUT2D eigenvalue weighted by atomic mass is 10.1. The SMILES string of the molecule is C=CCOC(=O)CCC/C=C\C.OCC1CCC(Cl)C1. The Balaban J connectivity index is 0.000000388. The predicted molar refractivity (Wildman–Crippen MR) is 83.9 cm³/mol. The van der Waals surface area contributed by atoms with Crippen LogP contribution in [0.2, 0.25) is 0 Å². The molecule has 20 heavy (non-hydrogen) atoms. The summed E-state index contributed by atoms with van der Waals surface area (Å²) < 4.78 is 4.79. The number of aliphatic hydroxyl groups is 1. The van der Waals surface area contributed by atoms with Gasteiger partial charge in [0.1, 0.15) is 6.61 Å². The molecule has 0 aromatic rings. The zero-order valence-corrected chi connectivity index (χ0v) is 13.1. The Morgan fingerprint density at radius 1 is 1.50 bits per heavy atom. The topological polar surface area (TPSA) is 46.5 Å². The van der Waals surface area contributed by atoms with Crippen LogP contribution in [-0.2, 0) is 9.53 Å². The van der Waals surface area contributed by atoms with Crippen LogP contribution in [0.4, 0.5) is 0 Å². The summed E-state index contributed by atoms with van der Waals surface area (Å²) in [6, 6.07) is 0. The molecule has 0 heterocycles. The van der Waals surface area contributed by atoms with E-state index in [9.17, 15) is 4.79 Å². The monoisotopic (exact) mass is 302 g/mol. The Morgan fingerprint density at radius 3 is 2.70 bits per heavy atom. The molecule has 0 bridgehead atoms. The second-order valence-corrected chi connectivity index (χ2v) is 5.51. The van der Waals surface area contributed by atoms with Gasteiger partial charge in [-0.25, -0.2) is 0 Å². The van der Waals surface area contributed by atoms with Crippen LogP contribution in [0.3, 0.4) is 0 Å². The van der Waals surface area contributed by atoms with Crippen molar-refractivity contribution in [1.82, 2.24) is 0 Å². The van der Waals surface area contributed by atoms with Crippen molar-refractivity contribution in [3.05, 3.63) is 24.8 Å². The van der Waals surface area contributed by atoms with Gasteiger partial charge in [0.2, 0.25) is 0 Å². The molecule has 1 rings (SSSR count). The molecule has 3 nitrogen and oxygen atoms in total. The standard InChI is InChI=1S/C10H16O2.C6H11ClO/c1-3-5-6-7-8-10(11)12-9-4-2;7-6-2-1-5(3-6)4-8/h3-5H,2,6-9H2,1H3;5-6,8H,1-4H2/b5-3-;. The maximum atomic E-state index is 10.9. The van der Waals surface area contributed by atoms with Crippen LogP contribution < -0.4 is 0 Å². The van der Waals surface area contributed by atoms with E-state index >= 15 is 0 Å². The first-order valence-corrected chi connectivity index (χ1v) is 7.70. The molecule has 1 saturated carbocycles. The molecule has 0 saturated heterocycles. The Hall–Kier alpha value is -0.800. The fourth-order valence-electron chi connectivity index (χ4n) is 1.93. The summed E-state index contributed by atoms with van der Waals surface area (Å²) >= 11 is 5.77. The fraction of sp³-hybridized carbons (Fsp3) is 0.688. The van der Waals surface area contributed by atoms with Gasteiger partial charge in [0, 0.05) is 18.4 Å². The molecule has 1 aliphatic rings. The summed E-state index contributed by atoms with van der Waals surface area (Å²) in [6.45, 7) is 6.07. The second kappa shape index (κ2) is 13.2. The number of rotatable bonds is 7. The lowest BCUT2D eigenvalue weighted by Crippen LogP contribution is -2.03. The minimum absolute atomic E-state index is 0.139. The molecular formula is C16H27ClO3. The fourth-order valence-corrected chi connectivity index (χ4v) is 2.31. The first-order valence-electron chi connectivity index (χ1n) is 7.26. The number of allylic oxidation sites excluding steroid dienone is 2. The van der Waals surface area contributed by atoms with Crippen molar-refractivity contribution in [3.63, 3.8) is 0 Å². The molecule has 0 aromatic carbocycles. The Morgan fingerprint density at radius 2 is 2.25 bits per heavy atom. The Labute approximate surface area is 127 Å². The lowest BCUT2D eigenvalue weighted by molar-refractivity contribution is -0.142. The normalized spacial score (nSPS) is 21.4. The summed E-state index contributed by atoms with van der Waals surface area (Å²) in [5.41, 5.74) is 0. The van der Waals surface area contributed by atoms with Gasteiger partial charge in [0.25, 0.3) is 0 Å². The van der Waals surface area contributed by atoms with E-state index in [0.29, 0.717) is 30.9 Å². The quantitative estimate of drug-likeness (QED) is 0.336. The van der Waals surface area contributed by atoms with Crippen LogP contribution in [0.15, 0.2) is 24.8 Å². The van der Waals surface area contributed by atoms with Gasteiger partial charge < -0.3 is 9.84 Å². The van der Waals surface area contributed by atoms with Crippen LogP contribution in [0.1, 0.15) is 45.4 Å². The number of carbonyl (C=O) groups excluding carboxylic acids is 1. The Kier molecular flexibility index (Phi) is 12.7. The number of unbranched alkanes of at least 4 members (excludes halogenated alkanes) is 1. The molecule has 0 radical (unpaired) electrons. The van der Waals surface area contributed by atoms with Crippen molar-refractivity contribution in [3.8, 4) is 0 Å². The van der Waals surface area contributed by atoms with E-state index in [1.807, 2.05) is 19.1 Å². The smallest absolute Gasteiger partial charge is 0.306 e. The minimum atomic E-state index is -0.139. The van der Waals surface area contributed by atoms with Crippen molar-refractivity contribution in [2.24, 2.45) is 5.92 Å². The highest BCUT2D eigenvalue weighted by Crippen LogP contribution is 2.28. The third-order valence-corrected chi connectivity index (χ3v) is 3.48. The summed E-state index contributed by atoms with van der Waals surface area (Å²) in [7, 11) is 0. The van der Waals surface area contributed by atoms with Gasteiger partial charge in [-0.1, -0.05) is 24.8 Å². The summed E-state index contributed by atoms with van der Waals surface area (Å²) in [4.78, 5) is 10.9. The van der Waals surface area contributed by atoms with Crippen molar-refractivity contribution in [2.45, 2.75) is 50.8 Å². The van der Waals surface area contributed by atoms with Crippen molar-refractivity contribution >= 4 is 17.6 Å². The van der Waals surface area contributed by atoms with Crippen molar-refractivity contribution < 1.29 is 14.6 Å². The van der Waals surface area contributed by atoms with Gasteiger partial charge in [-0.05, 0) is 44.9 Å². The first-order chi connectivity index (χ1) is 9.63. The molecule has 0 aliphatic heterocycles. The maximum Gasteiger partial charge on any atom is 0.306 e. The third kappa shape index (κ3) is 11.1. The number of esters is 1. The van der Waals surface area contributed by atoms with Gasteiger partial charge in [-0.3, -0.25) is 4.79 Å².